The molecular weight excluding hydrogens is 520 g/mol. The predicted molar refractivity (Wildman–Crippen MR) is 182 cm³/mol. The molecule has 0 heterocycles. The number of hydrogen-bond acceptors (Lipinski definition) is 4. The standard InChI is InChI=1S/C38H70O4/c1-3-5-7-9-11-13-15-16-17-18-19-20-21-22-23-24-26-28-30-32-34-41-36-37(35-39)42-38(40)33-31-29-27-25-14-12-10-8-6-4-2/h8,10-11,13,16-17,37,39H,3-7,9,12,14-15,18-36H2,1-2H3/b10-8-,13-11-,17-16-. The van der Waals surface area contributed by atoms with Gasteiger partial charge in [0.25, 0.3) is 0 Å². The van der Waals surface area contributed by atoms with Crippen molar-refractivity contribution in [2.24, 2.45) is 0 Å². The van der Waals surface area contributed by atoms with Gasteiger partial charge in [-0.15, -0.1) is 0 Å². The lowest BCUT2D eigenvalue weighted by Gasteiger charge is -2.15. The molecule has 0 saturated carbocycles. The molecule has 0 aromatic carbocycles. The molecule has 0 aliphatic heterocycles. The number of ether oxygens (including phenoxy) is 2. The average molecular weight is 591 g/mol. The first-order valence-electron chi connectivity index (χ1n) is 18.1. The SMILES string of the molecule is CCC/C=C\CCCCCCCC(=O)OC(CO)COCCCCCCCCCCCC/C=C\C/C=C\CCCCC. The van der Waals surface area contributed by atoms with Crippen molar-refractivity contribution in [3.8, 4) is 0 Å². The number of hydrogen-bond donors (Lipinski definition) is 1. The van der Waals surface area contributed by atoms with Crippen LogP contribution in [0, 0.1) is 0 Å². The van der Waals surface area contributed by atoms with Crippen molar-refractivity contribution in [1.29, 1.82) is 0 Å². The quantitative estimate of drug-likeness (QED) is 0.0469. The normalized spacial score (nSPS) is 12.7. The van der Waals surface area contributed by atoms with Gasteiger partial charge in [0, 0.05) is 13.0 Å². The van der Waals surface area contributed by atoms with Crippen molar-refractivity contribution >= 4 is 5.97 Å². The molecule has 1 unspecified atom stereocenters. The van der Waals surface area contributed by atoms with E-state index in [0.717, 1.165) is 38.5 Å². The molecule has 246 valence electrons. The van der Waals surface area contributed by atoms with Gasteiger partial charge in [0.15, 0.2) is 0 Å². The number of allylic oxidation sites excluding steroid dienone is 6. The second-order valence-corrected chi connectivity index (χ2v) is 11.9. The Morgan fingerprint density at radius 1 is 0.571 bits per heavy atom. The highest BCUT2D eigenvalue weighted by Gasteiger charge is 2.13. The van der Waals surface area contributed by atoms with Crippen LogP contribution in [0.5, 0.6) is 0 Å². The molecule has 42 heavy (non-hydrogen) atoms. The third-order valence-electron chi connectivity index (χ3n) is 7.67. The number of carbonyl (C=O) groups is 1. The second kappa shape index (κ2) is 35.8. The summed E-state index contributed by atoms with van der Waals surface area (Å²) in [6.45, 7) is 5.24. The van der Waals surface area contributed by atoms with Crippen LogP contribution in [-0.4, -0.2) is 37.0 Å². The Hall–Kier alpha value is -1.39. The lowest BCUT2D eigenvalue weighted by Crippen LogP contribution is -2.27. The van der Waals surface area contributed by atoms with Crippen LogP contribution in [0.15, 0.2) is 36.5 Å². The van der Waals surface area contributed by atoms with Gasteiger partial charge in [-0.2, -0.15) is 0 Å². The van der Waals surface area contributed by atoms with Crippen molar-refractivity contribution in [2.45, 2.75) is 180 Å². The highest BCUT2D eigenvalue weighted by Crippen LogP contribution is 2.12. The summed E-state index contributed by atoms with van der Waals surface area (Å²) in [6, 6.07) is 0. The maximum atomic E-state index is 12.1. The Kier molecular flexibility index (Phi) is 34.6. The number of aliphatic hydroxyl groups is 1. The maximum Gasteiger partial charge on any atom is 0.306 e. The first-order chi connectivity index (χ1) is 20.7. The number of aliphatic hydroxyl groups excluding tert-OH is 1. The highest BCUT2D eigenvalue weighted by molar-refractivity contribution is 5.69. The van der Waals surface area contributed by atoms with Gasteiger partial charge in [0.1, 0.15) is 6.10 Å². The van der Waals surface area contributed by atoms with Gasteiger partial charge in [-0.3, -0.25) is 4.79 Å². The zero-order chi connectivity index (χ0) is 30.6. The van der Waals surface area contributed by atoms with Gasteiger partial charge in [-0.05, 0) is 64.2 Å². The van der Waals surface area contributed by atoms with Gasteiger partial charge in [-0.1, -0.05) is 140 Å². The summed E-state index contributed by atoms with van der Waals surface area (Å²) in [5, 5.41) is 9.52. The molecule has 0 amide bonds. The molecular formula is C38H70O4. The lowest BCUT2D eigenvalue weighted by atomic mass is 10.1. The van der Waals surface area contributed by atoms with Gasteiger partial charge >= 0.3 is 5.97 Å². The van der Waals surface area contributed by atoms with E-state index in [9.17, 15) is 9.90 Å². The summed E-state index contributed by atoms with van der Waals surface area (Å²) in [4.78, 5) is 12.1. The van der Waals surface area contributed by atoms with Gasteiger partial charge in [0.05, 0.1) is 13.2 Å². The average Bonchev–Trinajstić information content (AvgIpc) is 3.00. The molecule has 0 saturated heterocycles. The van der Waals surface area contributed by atoms with E-state index in [1.807, 2.05) is 0 Å². The smallest absolute Gasteiger partial charge is 0.306 e. The molecule has 4 nitrogen and oxygen atoms in total. The Morgan fingerprint density at radius 2 is 1.05 bits per heavy atom. The fourth-order valence-electron chi connectivity index (χ4n) is 4.95. The number of unbranched alkanes of at least 4 members (excludes halogenated alkanes) is 19. The van der Waals surface area contributed by atoms with Crippen LogP contribution < -0.4 is 0 Å². The fourth-order valence-corrected chi connectivity index (χ4v) is 4.95. The maximum absolute atomic E-state index is 12.1. The van der Waals surface area contributed by atoms with E-state index in [-0.39, 0.29) is 12.6 Å². The van der Waals surface area contributed by atoms with Crippen molar-refractivity contribution in [2.75, 3.05) is 19.8 Å². The molecule has 0 rings (SSSR count). The largest absolute Gasteiger partial charge is 0.457 e. The minimum absolute atomic E-state index is 0.176. The Bertz CT molecular complexity index is 625. The molecule has 0 aromatic heterocycles. The monoisotopic (exact) mass is 591 g/mol. The van der Waals surface area contributed by atoms with Crippen LogP contribution in [0.1, 0.15) is 174 Å². The van der Waals surface area contributed by atoms with E-state index in [0.29, 0.717) is 19.6 Å². The van der Waals surface area contributed by atoms with E-state index in [2.05, 4.69) is 50.3 Å². The fraction of sp³-hybridized carbons (Fsp3) is 0.816. The molecule has 0 spiro atoms. The third-order valence-corrected chi connectivity index (χ3v) is 7.67. The number of esters is 1. The van der Waals surface area contributed by atoms with E-state index in [4.69, 9.17) is 9.47 Å². The molecule has 0 aliphatic rings. The van der Waals surface area contributed by atoms with Gasteiger partial charge in [0.2, 0.25) is 0 Å². The molecule has 0 radical (unpaired) electrons. The Morgan fingerprint density at radius 3 is 1.60 bits per heavy atom. The molecule has 1 atom stereocenters. The van der Waals surface area contributed by atoms with E-state index in [1.54, 1.807) is 0 Å². The summed E-state index contributed by atoms with van der Waals surface area (Å²) in [7, 11) is 0. The van der Waals surface area contributed by atoms with Gasteiger partial charge in [-0.25, -0.2) is 0 Å². The number of rotatable bonds is 33. The molecule has 0 aliphatic carbocycles. The second-order valence-electron chi connectivity index (χ2n) is 11.9. The third kappa shape index (κ3) is 33.1. The predicted octanol–water partition coefficient (Wildman–Crippen LogP) is 11.4. The van der Waals surface area contributed by atoms with Crippen molar-refractivity contribution in [3.63, 3.8) is 0 Å². The van der Waals surface area contributed by atoms with Crippen LogP contribution in [0.4, 0.5) is 0 Å². The lowest BCUT2D eigenvalue weighted by molar-refractivity contribution is -0.154. The van der Waals surface area contributed by atoms with Crippen LogP contribution >= 0.6 is 0 Å². The van der Waals surface area contributed by atoms with Crippen LogP contribution in [-0.2, 0) is 14.3 Å². The van der Waals surface area contributed by atoms with Crippen molar-refractivity contribution in [1.82, 2.24) is 0 Å². The Balaban J connectivity index is 3.42. The molecule has 4 heteroatoms. The van der Waals surface area contributed by atoms with Crippen LogP contribution in [0.25, 0.3) is 0 Å². The topological polar surface area (TPSA) is 55.8 Å². The Labute approximate surface area is 261 Å². The van der Waals surface area contributed by atoms with Crippen LogP contribution in [0.3, 0.4) is 0 Å². The molecule has 1 N–H and O–H groups in total. The van der Waals surface area contributed by atoms with Crippen molar-refractivity contribution < 1.29 is 19.4 Å². The van der Waals surface area contributed by atoms with E-state index < -0.39 is 6.10 Å². The van der Waals surface area contributed by atoms with Crippen molar-refractivity contribution in [3.05, 3.63) is 36.5 Å². The summed E-state index contributed by atoms with van der Waals surface area (Å²) >= 11 is 0. The minimum atomic E-state index is -0.536. The van der Waals surface area contributed by atoms with Gasteiger partial charge < -0.3 is 14.6 Å². The number of carbonyl (C=O) groups excluding carboxylic acids is 1. The zero-order valence-electron chi connectivity index (χ0n) is 28.0. The summed E-state index contributed by atoms with van der Waals surface area (Å²) in [5.74, 6) is -0.214. The molecule has 0 bridgehead atoms. The summed E-state index contributed by atoms with van der Waals surface area (Å²) < 4.78 is 11.1. The zero-order valence-corrected chi connectivity index (χ0v) is 28.0. The summed E-state index contributed by atoms with van der Waals surface area (Å²) in [5.41, 5.74) is 0. The van der Waals surface area contributed by atoms with E-state index >= 15 is 0 Å². The highest BCUT2D eigenvalue weighted by atomic mass is 16.6. The molecule has 0 aromatic rings. The minimum Gasteiger partial charge on any atom is -0.457 e. The van der Waals surface area contributed by atoms with E-state index in [1.165, 1.54) is 116 Å². The van der Waals surface area contributed by atoms with Crippen LogP contribution in [0.2, 0.25) is 0 Å². The first-order valence-corrected chi connectivity index (χ1v) is 18.1. The first kappa shape index (κ1) is 40.6. The molecule has 0 fully saturated rings. The summed E-state index contributed by atoms with van der Waals surface area (Å²) in [6.07, 6.45) is 43.3.